The van der Waals surface area contributed by atoms with Gasteiger partial charge in [-0.05, 0) is 42.7 Å². The van der Waals surface area contributed by atoms with Crippen molar-refractivity contribution in [1.82, 2.24) is 4.90 Å². The molecule has 1 amide bonds. The number of hydrogen-bond acceptors (Lipinski definition) is 6. The van der Waals surface area contributed by atoms with Crippen molar-refractivity contribution in [2.45, 2.75) is 25.4 Å². The van der Waals surface area contributed by atoms with E-state index in [9.17, 15) is 9.59 Å². The summed E-state index contributed by atoms with van der Waals surface area (Å²) in [5.41, 5.74) is 1.21. The Morgan fingerprint density at radius 1 is 0.966 bits per heavy atom. The topological polar surface area (TPSA) is 74.3 Å². The largest absolute Gasteiger partial charge is 0.497 e. The minimum Gasteiger partial charge on any atom is -0.497 e. The number of esters is 1. The molecule has 0 aliphatic heterocycles. The summed E-state index contributed by atoms with van der Waals surface area (Å²) < 4.78 is 20.9. The highest BCUT2D eigenvalue weighted by atomic mass is 16.5. The number of amides is 1. The van der Waals surface area contributed by atoms with Gasteiger partial charge in [-0.15, -0.1) is 0 Å². The van der Waals surface area contributed by atoms with Crippen LogP contribution in [-0.4, -0.2) is 50.8 Å². The zero-order chi connectivity index (χ0) is 20.8. The summed E-state index contributed by atoms with van der Waals surface area (Å²) in [7, 11) is 4.55. The highest BCUT2D eigenvalue weighted by Crippen LogP contribution is 2.31. The first-order valence-electron chi connectivity index (χ1n) is 9.38. The molecule has 0 radical (unpaired) electrons. The lowest BCUT2D eigenvalue weighted by molar-refractivity contribution is -0.135. The fourth-order valence-corrected chi connectivity index (χ4v) is 3.07. The number of carbonyl (C=O) groups is 2. The molecule has 7 heteroatoms. The summed E-state index contributed by atoms with van der Waals surface area (Å²) in [6.07, 6.45) is 1.92. The first-order valence-corrected chi connectivity index (χ1v) is 9.38. The molecule has 2 aromatic rings. The van der Waals surface area contributed by atoms with Crippen LogP contribution in [0.4, 0.5) is 0 Å². The van der Waals surface area contributed by atoms with Crippen LogP contribution in [0.5, 0.6) is 17.2 Å². The number of methoxy groups -OCH3 is 3. The highest BCUT2D eigenvalue weighted by Gasteiger charge is 2.33. The van der Waals surface area contributed by atoms with Crippen LogP contribution in [0.2, 0.25) is 0 Å². The predicted molar refractivity (Wildman–Crippen MR) is 106 cm³/mol. The predicted octanol–water partition coefficient (Wildman–Crippen LogP) is 3.06. The van der Waals surface area contributed by atoms with E-state index in [4.69, 9.17) is 18.9 Å². The van der Waals surface area contributed by atoms with Crippen molar-refractivity contribution in [1.29, 1.82) is 0 Å². The van der Waals surface area contributed by atoms with E-state index in [1.165, 1.54) is 14.2 Å². The maximum atomic E-state index is 12.7. The number of benzene rings is 2. The summed E-state index contributed by atoms with van der Waals surface area (Å²) in [6, 6.07) is 12.7. The van der Waals surface area contributed by atoms with E-state index in [2.05, 4.69) is 0 Å². The lowest BCUT2D eigenvalue weighted by Gasteiger charge is -2.22. The quantitative estimate of drug-likeness (QED) is 0.604. The van der Waals surface area contributed by atoms with E-state index in [0.717, 1.165) is 24.2 Å². The Morgan fingerprint density at radius 3 is 2.28 bits per heavy atom. The molecule has 2 aromatic carbocycles. The lowest BCUT2D eigenvalue weighted by atomic mass is 10.2. The van der Waals surface area contributed by atoms with Gasteiger partial charge < -0.3 is 23.8 Å². The molecule has 0 saturated heterocycles. The molecule has 0 bridgehead atoms. The molecule has 0 atom stereocenters. The first-order chi connectivity index (χ1) is 14.1. The second-order valence-corrected chi connectivity index (χ2v) is 6.72. The lowest BCUT2D eigenvalue weighted by Crippen LogP contribution is -2.36. The van der Waals surface area contributed by atoms with Crippen molar-refractivity contribution in [3.63, 3.8) is 0 Å². The van der Waals surface area contributed by atoms with Gasteiger partial charge in [-0.1, -0.05) is 18.2 Å². The summed E-state index contributed by atoms with van der Waals surface area (Å²) in [5, 5.41) is 0. The maximum absolute atomic E-state index is 12.7. The smallest absolute Gasteiger partial charge is 0.342 e. The number of carbonyl (C=O) groups excluding carboxylic acids is 2. The van der Waals surface area contributed by atoms with Crippen LogP contribution < -0.4 is 14.2 Å². The zero-order valence-electron chi connectivity index (χ0n) is 16.8. The summed E-state index contributed by atoms with van der Waals surface area (Å²) in [4.78, 5) is 27.0. The van der Waals surface area contributed by atoms with Crippen molar-refractivity contribution >= 4 is 11.9 Å². The Hall–Kier alpha value is -3.22. The van der Waals surface area contributed by atoms with Gasteiger partial charge in [-0.25, -0.2) is 4.79 Å². The Balaban J connectivity index is 1.64. The average molecular weight is 399 g/mol. The Kier molecular flexibility index (Phi) is 6.59. The molecule has 154 valence electrons. The van der Waals surface area contributed by atoms with Gasteiger partial charge in [0.25, 0.3) is 5.91 Å². The van der Waals surface area contributed by atoms with E-state index in [1.807, 2.05) is 24.3 Å². The fourth-order valence-electron chi connectivity index (χ4n) is 3.07. The molecular weight excluding hydrogens is 374 g/mol. The first kappa shape index (κ1) is 20.5. The Labute approximate surface area is 170 Å². The number of nitrogens with zero attached hydrogens (tertiary/aromatic N) is 1. The van der Waals surface area contributed by atoms with E-state index in [-0.39, 0.29) is 29.9 Å². The third-order valence-corrected chi connectivity index (χ3v) is 4.77. The molecule has 3 rings (SSSR count). The highest BCUT2D eigenvalue weighted by molar-refractivity contribution is 5.95. The minimum atomic E-state index is -0.630. The molecule has 1 saturated carbocycles. The van der Waals surface area contributed by atoms with Crippen molar-refractivity contribution in [2.75, 3.05) is 27.9 Å². The molecule has 7 nitrogen and oxygen atoms in total. The Morgan fingerprint density at radius 2 is 1.69 bits per heavy atom. The van der Waals surface area contributed by atoms with E-state index in [1.54, 1.807) is 30.2 Å². The molecule has 0 N–H and O–H groups in total. The fraction of sp³-hybridized carbons (Fsp3) is 0.364. The average Bonchev–Trinajstić information content (AvgIpc) is 3.60. The summed E-state index contributed by atoms with van der Waals surface area (Å²) in [6.45, 7) is 0.138. The monoisotopic (exact) mass is 399 g/mol. The third kappa shape index (κ3) is 4.99. The van der Waals surface area contributed by atoms with Crippen LogP contribution in [0.1, 0.15) is 28.8 Å². The van der Waals surface area contributed by atoms with Gasteiger partial charge >= 0.3 is 5.97 Å². The molecule has 0 heterocycles. The van der Waals surface area contributed by atoms with E-state index >= 15 is 0 Å². The van der Waals surface area contributed by atoms with E-state index in [0.29, 0.717) is 12.3 Å². The second kappa shape index (κ2) is 9.32. The maximum Gasteiger partial charge on any atom is 0.342 e. The second-order valence-electron chi connectivity index (χ2n) is 6.72. The molecule has 0 spiro atoms. The van der Waals surface area contributed by atoms with Crippen LogP contribution in [-0.2, 0) is 16.1 Å². The standard InChI is InChI=1S/C22H25NO6/c1-26-17-11-7-15(8-12-17)13-23(16-9-10-16)20(24)14-29-22(25)18-5-4-6-19(27-2)21(18)28-3/h4-8,11-12,16H,9-10,13-14H2,1-3H3. The van der Waals surface area contributed by atoms with Crippen molar-refractivity contribution in [3.8, 4) is 17.2 Å². The van der Waals surface area contributed by atoms with Gasteiger partial charge in [-0.3, -0.25) is 4.79 Å². The van der Waals surface area contributed by atoms with E-state index < -0.39 is 5.97 Å². The van der Waals surface area contributed by atoms with Crippen LogP contribution in [0.3, 0.4) is 0 Å². The Bertz CT molecular complexity index is 860. The molecule has 0 aromatic heterocycles. The normalized spacial score (nSPS) is 12.8. The number of rotatable bonds is 9. The minimum absolute atomic E-state index is 0.189. The third-order valence-electron chi connectivity index (χ3n) is 4.77. The van der Waals surface area contributed by atoms with Crippen molar-refractivity contribution in [2.24, 2.45) is 0 Å². The van der Waals surface area contributed by atoms with Gasteiger partial charge in [0.1, 0.15) is 11.3 Å². The molecule has 1 aliphatic carbocycles. The number of para-hydroxylation sites is 1. The van der Waals surface area contributed by atoms with Crippen molar-refractivity contribution in [3.05, 3.63) is 53.6 Å². The van der Waals surface area contributed by atoms with Crippen LogP contribution in [0.25, 0.3) is 0 Å². The van der Waals surface area contributed by atoms with Crippen LogP contribution >= 0.6 is 0 Å². The molecule has 29 heavy (non-hydrogen) atoms. The molecular formula is C22H25NO6. The number of ether oxygens (including phenoxy) is 4. The van der Waals surface area contributed by atoms with Crippen LogP contribution in [0, 0.1) is 0 Å². The molecule has 0 unspecified atom stereocenters. The SMILES string of the molecule is COc1ccc(CN(C(=O)COC(=O)c2cccc(OC)c2OC)C2CC2)cc1. The summed E-state index contributed by atoms with van der Waals surface area (Å²) >= 11 is 0. The molecule has 1 fully saturated rings. The summed E-state index contributed by atoms with van der Waals surface area (Å²) in [5.74, 6) is 0.615. The number of hydrogen-bond donors (Lipinski definition) is 0. The zero-order valence-corrected chi connectivity index (χ0v) is 16.8. The van der Waals surface area contributed by atoms with Crippen molar-refractivity contribution < 1.29 is 28.5 Å². The van der Waals surface area contributed by atoms with Gasteiger partial charge in [0, 0.05) is 12.6 Å². The molecule has 1 aliphatic rings. The van der Waals surface area contributed by atoms with Crippen LogP contribution in [0.15, 0.2) is 42.5 Å². The van der Waals surface area contributed by atoms with Gasteiger partial charge in [0.15, 0.2) is 18.1 Å². The van der Waals surface area contributed by atoms with Gasteiger partial charge in [0.05, 0.1) is 21.3 Å². The van der Waals surface area contributed by atoms with Gasteiger partial charge in [0.2, 0.25) is 0 Å². The van der Waals surface area contributed by atoms with Gasteiger partial charge in [-0.2, -0.15) is 0 Å².